The molecule has 0 radical (unpaired) electrons. The highest BCUT2D eigenvalue weighted by Gasteiger charge is 2.12. The molecule has 0 aliphatic carbocycles. The Morgan fingerprint density at radius 3 is 2.27 bits per heavy atom. The molecule has 140 valence electrons. The molecular weight excluding hydrogens is 324 g/mol. The minimum atomic E-state index is 0.668. The van der Waals surface area contributed by atoms with Crippen LogP contribution in [0.25, 0.3) is 16.5 Å². The molecule has 0 fully saturated rings. The molecule has 3 heteroatoms. The zero-order valence-electron chi connectivity index (χ0n) is 16.6. The summed E-state index contributed by atoms with van der Waals surface area (Å²) in [5.41, 5.74) is 4.60. The first-order valence-electron chi connectivity index (χ1n) is 9.07. The number of fused-ring (bicyclic) bond motifs is 1. The predicted octanol–water partition coefficient (Wildman–Crippen LogP) is 6.94. The Balaban J connectivity index is 2.00. The van der Waals surface area contributed by atoms with Crippen LogP contribution in [0.4, 0.5) is 0 Å². The molecule has 3 nitrogen and oxygen atoms in total. The van der Waals surface area contributed by atoms with Crippen LogP contribution in [0.5, 0.6) is 11.5 Å². The number of rotatable bonds is 9. The highest BCUT2D eigenvalue weighted by molar-refractivity contribution is 5.85. The molecule has 0 saturated carbocycles. The number of ether oxygens (including phenoxy) is 2. The molecule has 0 amide bonds. The van der Waals surface area contributed by atoms with Crippen LogP contribution in [-0.2, 0) is 0 Å². The van der Waals surface area contributed by atoms with Gasteiger partial charge in [0.05, 0.1) is 14.2 Å². The van der Waals surface area contributed by atoms with E-state index in [1.807, 2.05) is 18.2 Å². The quantitative estimate of drug-likeness (QED) is 0.457. The fourth-order valence-electron chi connectivity index (χ4n) is 2.85. The highest BCUT2D eigenvalue weighted by atomic mass is 16.5. The minimum absolute atomic E-state index is 0.668. The first-order valence-corrected chi connectivity index (χ1v) is 9.07. The van der Waals surface area contributed by atoms with E-state index in [2.05, 4.69) is 39.5 Å². The second-order valence-electron chi connectivity index (χ2n) is 6.87. The molecule has 1 heterocycles. The first kappa shape index (κ1) is 19.9. The van der Waals surface area contributed by atoms with Gasteiger partial charge < -0.3 is 13.9 Å². The summed E-state index contributed by atoms with van der Waals surface area (Å²) in [6.07, 6.45) is 8.67. The Labute approximate surface area is 157 Å². The first-order chi connectivity index (χ1) is 12.4. The van der Waals surface area contributed by atoms with Gasteiger partial charge in [0, 0.05) is 11.5 Å². The van der Waals surface area contributed by atoms with Crippen LogP contribution in [0, 0.1) is 0 Å². The average molecular weight is 354 g/mol. The lowest BCUT2D eigenvalue weighted by molar-refractivity contribution is 0.355. The Bertz CT molecular complexity index is 776. The zero-order valence-corrected chi connectivity index (χ0v) is 16.6. The molecule has 26 heavy (non-hydrogen) atoms. The Morgan fingerprint density at radius 2 is 1.62 bits per heavy atom. The third-order valence-corrected chi connectivity index (χ3v) is 4.40. The van der Waals surface area contributed by atoms with Gasteiger partial charge in [-0.1, -0.05) is 29.9 Å². The van der Waals surface area contributed by atoms with E-state index >= 15 is 0 Å². The summed E-state index contributed by atoms with van der Waals surface area (Å²) < 4.78 is 16.6. The van der Waals surface area contributed by atoms with Crippen LogP contribution in [0.2, 0.25) is 0 Å². The van der Waals surface area contributed by atoms with Gasteiger partial charge in [0.2, 0.25) is 0 Å². The Morgan fingerprint density at radius 1 is 0.962 bits per heavy atom. The van der Waals surface area contributed by atoms with Crippen molar-refractivity contribution in [2.75, 3.05) is 14.2 Å². The van der Waals surface area contributed by atoms with Gasteiger partial charge in [0.15, 0.2) is 11.5 Å². The number of methoxy groups -OCH3 is 2. The molecule has 0 atom stereocenters. The maximum Gasteiger partial charge on any atom is 0.164 e. The summed E-state index contributed by atoms with van der Waals surface area (Å²) in [4.78, 5) is 0. The molecule has 1 aromatic carbocycles. The lowest BCUT2D eigenvalue weighted by Crippen LogP contribution is -1.89. The van der Waals surface area contributed by atoms with Gasteiger partial charge in [-0.05, 0) is 64.2 Å². The molecule has 1 aromatic heterocycles. The number of allylic oxidation sites excluding steroid dienone is 5. The van der Waals surface area contributed by atoms with Crippen molar-refractivity contribution in [1.82, 2.24) is 0 Å². The van der Waals surface area contributed by atoms with E-state index in [1.54, 1.807) is 14.2 Å². The van der Waals surface area contributed by atoms with Crippen molar-refractivity contribution in [3.8, 4) is 11.5 Å². The normalized spacial score (nSPS) is 11.5. The zero-order chi connectivity index (χ0) is 19.1. The van der Waals surface area contributed by atoms with Gasteiger partial charge in [-0.25, -0.2) is 0 Å². The second kappa shape index (κ2) is 9.33. The SMILES string of the molecule is C=C(CCC=C(C)CCC=C(C)C)c1cc2cc(OC)c(OC)cc2o1. The van der Waals surface area contributed by atoms with Gasteiger partial charge in [0.25, 0.3) is 0 Å². The van der Waals surface area contributed by atoms with Crippen molar-refractivity contribution in [3.63, 3.8) is 0 Å². The molecule has 0 unspecified atom stereocenters. The topological polar surface area (TPSA) is 31.6 Å². The maximum absolute atomic E-state index is 5.96. The van der Waals surface area contributed by atoms with E-state index in [4.69, 9.17) is 13.9 Å². The summed E-state index contributed by atoms with van der Waals surface area (Å²) >= 11 is 0. The molecular formula is C23H30O3. The van der Waals surface area contributed by atoms with Gasteiger partial charge >= 0.3 is 0 Å². The summed E-state index contributed by atoms with van der Waals surface area (Å²) in [5.74, 6) is 2.19. The van der Waals surface area contributed by atoms with E-state index in [0.29, 0.717) is 11.5 Å². The fourth-order valence-corrected chi connectivity index (χ4v) is 2.85. The molecule has 0 aliphatic rings. The number of hydrogen-bond acceptors (Lipinski definition) is 3. The molecule has 2 rings (SSSR count). The highest BCUT2D eigenvalue weighted by Crippen LogP contribution is 2.35. The number of furan rings is 1. The molecule has 0 aliphatic heterocycles. The molecule has 0 bridgehead atoms. The summed E-state index contributed by atoms with van der Waals surface area (Å²) in [7, 11) is 3.26. The lowest BCUT2D eigenvalue weighted by atomic mass is 10.1. The van der Waals surface area contributed by atoms with Crippen LogP contribution in [0.3, 0.4) is 0 Å². The largest absolute Gasteiger partial charge is 0.493 e. The van der Waals surface area contributed by atoms with Crippen LogP contribution < -0.4 is 9.47 Å². The fraction of sp³-hybridized carbons (Fsp3) is 0.391. The van der Waals surface area contributed by atoms with E-state index < -0.39 is 0 Å². The van der Waals surface area contributed by atoms with Gasteiger partial charge in [-0.2, -0.15) is 0 Å². The van der Waals surface area contributed by atoms with Crippen LogP contribution >= 0.6 is 0 Å². The van der Waals surface area contributed by atoms with Crippen LogP contribution in [0.15, 0.2) is 52.5 Å². The standard InChI is InChI=1S/C23H30O3/c1-16(2)9-7-10-17(3)11-8-12-18(4)20-13-19-14-22(24-5)23(25-6)15-21(19)26-20/h9,11,13-15H,4,7-8,10,12H2,1-3,5-6H3. The van der Waals surface area contributed by atoms with Gasteiger partial charge in [-0.3, -0.25) is 0 Å². The van der Waals surface area contributed by atoms with Crippen LogP contribution in [0.1, 0.15) is 52.2 Å². The maximum atomic E-state index is 5.96. The molecule has 0 spiro atoms. The van der Waals surface area contributed by atoms with E-state index in [0.717, 1.165) is 48.0 Å². The number of hydrogen-bond donors (Lipinski definition) is 0. The smallest absolute Gasteiger partial charge is 0.164 e. The van der Waals surface area contributed by atoms with Crippen molar-refractivity contribution >= 4 is 16.5 Å². The van der Waals surface area contributed by atoms with Gasteiger partial charge in [0.1, 0.15) is 11.3 Å². The molecule has 0 N–H and O–H groups in total. The van der Waals surface area contributed by atoms with Crippen molar-refractivity contribution in [2.24, 2.45) is 0 Å². The van der Waals surface area contributed by atoms with Crippen LogP contribution in [-0.4, -0.2) is 14.2 Å². The Hall–Kier alpha value is -2.42. The van der Waals surface area contributed by atoms with Crippen molar-refractivity contribution < 1.29 is 13.9 Å². The monoisotopic (exact) mass is 354 g/mol. The third-order valence-electron chi connectivity index (χ3n) is 4.40. The lowest BCUT2D eigenvalue weighted by Gasteiger charge is -2.06. The Kier molecular flexibility index (Phi) is 7.14. The predicted molar refractivity (Wildman–Crippen MR) is 110 cm³/mol. The second-order valence-corrected chi connectivity index (χ2v) is 6.87. The summed E-state index contributed by atoms with van der Waals surface area (Å²) in [6.45, 7) is 10.7. The van der Waals surface area contributed by atoms with E-state index in [1.165, 1.54) is 11.1 Å². The minimum Gasteiger partial charge on any atom is -0.493 e. The van der Waals surface area contributed by atoms with Crippen molar-refractivity contribution in [3.05, 3.63) is 53.8 Å². The van der Waals surface area contributed by atoms with Crippen molar-refractivity contribution in [1.29, 1.82) is 0 Å². The average Bonchev–Trinajstić information content (AvgIpc) is 3.02. The summed E-state index contributed by atoms with van der Waals surface area (Å²) in [5, 5.41) is 0.993. The van der Waals surface area contributed by atoms with Crippen molar-refractivity contribution in [2.45, 2.75) is 46.5 Å². The number of benzene rings is 1. The third kappa shape index (κ3) is 5.29. The van der Waals surface area contributed by atoms with E-state index in [9.17, 15) is 0 Å². The summed E-state index contributed by atoms with van der Waals surface area (Å²) in [6, 6.07) is 5.81. The molecule has 0 saturated heterocycles. The van der Waals surface area contributed by atoms with Gasteiger partial charge in [-0.15, -0.1) is 0 Å². The molecule has 2 aromatic rings. The van der Waals surface area contributed by atoms with E-state index in [-0.39, 0.29) is 0 Å².